The lowest BCUT2D eigenvalue weighted by atomic mass is 10.2. The lowest BCUT2D eigenvalue weighted by Gasteiger charge is -2.11. The van der Waals surface area contributed by atoms with Crippen LogP contribution < -0.4 is 5.32 Å². The Balaban J connectivity index is 1.90. The summed E-state index contributed by atoms with van der Waals surface area (Å²) in [6, 6.07) is 6.56. The highest BCUT2D eigenvalue weighted by atomic mass is 79.9. The van der Waals surface area contributed by atoms with Crippen LogP contribution in [0.3, 0.4) is 0 Å². The first-order valence-corrected chi connectivity index (χ1v) is 6.85. The van der Waals surface area contributed by atoms with Crippen molar-refractivity contribution in [1.82, 2.24) is 10.3 Å². The van der Waals surface area contributed by atoms with E-state index >= 15 is 0 Å². The first-order chi connectivity index (χ1) is 7.75. The minimum absolute atomic E-state index is 0.372. The molecule has 4 heteroatoms. The molecule has 2 nitrogen and oxygen atoms in total. The van der Waals surface area contributed by atoms with Crippen molar-refractivity contribution >= 4 is 27.3 Å². The van der Waals surface area contributed by atoms with Gasteiger partial charge in [0.1, 0.15) is 0 Å². The van der Waals surface area contributed by atoms with Gasteiger partial charge in [0.25, 0.3) is 0 Å². The van der Waals surface area contributed by atoms with Gasteiger partial charge in [0.05, 0.1) is 5.69 Å². The van der Waals surface area contributed by atoms with E-state index in [1.54, 1.807) is 11.3 Å². The van der Waals surface area contributed by atoms with E-state index in [0.717, 1.165) is 16.7 Å². The molecule has 0 spiro atoms. The van der Waals surface area contributed by atoms with Crippen LogP contribution in [0.15, 0.2) is 39.6 Å². The molecule has 84 valence electrons. The Bertz CT molecular complexity index is 425. The maximum absolute atomic E-state index is 4.32. The first kappa shape index (κ1) is 11.8. The lowest BCUT2D eigenvalue weighted by molar-refractivity contribution is 0.569. The van der Waals surface area contributed by atoms with Crippen molar-refractivity contribution in [1.29, 1.82) is 0 Å². The van der Waals surface area contributed by atoms with Gasteiger partial charge in [-0.15, -0.1) is 0 Å². The van der Waals surface area contributed by atoms with Gasteiger partial charge in [-0.1, -0.05) is 0 Å². The molecule has 0 aliphatic rings. The van der Waals surface area contributed by atoms with E-state index in [1.165, 1.54) is 5.56 Å². The van der Waals surface area contributed by atoms with E-state index in [4.69, 9.17) is 0 Å². The molecule has 2 rings (SSSR count). The normalized spacial score (nSPS) is 12.6. The predicted molar refractivity (Wildman–Crippen MR) is 71.5 cm³/mol. The minimum atomic E-state index is 0.372. The smallest absolute Gasteiger partial charge is 0.0542 e. The van der Waals surface area contributed by atoms with Gasteiger partial charge in [0.2, 0.25) is 0 Å². The van der Waals surface area contributed by atoms with E-state index in [-0.39, 0.29) is 0 Å². The largest absolute Gasteiger partial charge is 0.305 e. The third-order valence-corrected chi connectivity index (χ3v) is 3.59. The maximum atomic E-state index is 4.32. The zero-order valence-electron chi connectivity index (χ0n) is 8.98. The monoisotopic (exact) mass is 296 g/mol. The van der Waals surface area contributed by atoms with Crippen molar-refractivity contribution in [2.24, 2.45) is 0 Å². The van der Waals surface area contributed by atoms with E-state index in [9.17, 15) is 0 Å². The molecule has 0 aromatic carbocycles. The molecule has 2 heterocycles. The molecule has 1 atom stereocenters. The Hall–Kier alpha value is -0.710. The van der Waals surface area contributed by atoms with Gasteiger partial charge in [-0.05, 0) is 57.4 Å². The van der Waals surface area contributed by atoms with Crippen LogP contribution in [0.25, 0.3) is 0 Å². The van der Waals surface area contributed by atoms with Gasteiger partial charge in [0, 0.05) is 23.3 Å². The highest BCUT2D eigenvalue weighted by Crippen LogP contribution is 2.16. The highest BCUT2D eigenvalue weighted by Gasteiger charge is 2.04. The van der Waals surface area contributed by atoms with Crippen molar-refractivity contribution in [3.63, 3.8) is 0 Å². The summed E-state index contributed by atoms with van der Waals surface area (Å²) in [5, 5.41) is 7.73. The Morgan fingerprint density at radius 3 is 2.94 bits per heavy atom. The van der Waals surface area contributed by atoms with Crippen LogP contribution in [0.1, 0.15) is 24.2 Å². The average molecular weight is 297 g/mol. The summed E-state index contributed by atoms with van der Waals surface area (Å²) in [4.78, 5) is 4.32. The zero-order valence-corrected chi connectivity index (χ0v) is 11.4. The van der Waals surface area contributed by atoms with Crippen LogP contribution in [0.4, 0.5) is 0 Å². The Labute approximate surface area is 108 Å². The molecule has 0 fully saturated rings. The maximum Gasteiger partial charge on any atom is 0.0542 e. The fourth-order valence-corrected chi connectivity index (χ4v) is 2.40. The van der Waals surface area contributed by atoms with Gasteiger partial charge in [-0.2, -0.15) is 11.3 Å². The summed E-state index contributed by atoms with van der Waals surface area (Å²) in [7, 11) is 0. The molecule has 0 amide bonds. The third-order valence-electron chi connectivity index (χ3n) is 2.42. The van der Waals surface area contributed by atoms with E-state index < -0.39 is 0 Å². The SMILES string of the molecule is CC(NCc1ccc(Br)cn1)c1ccsc1. The zero-order chi connectivity index (χ0) is 11.4. The number of hydrogen-bond donors (Lipinski definition) is 1. The number of nitrogens with zero attached hydrogens (tertiary/aromatic N) is 1. The van der Waals surface area contributed by atoms with Gasteiger partial charge in [-0.3, -0.25) is 4.98 Å². The van der Waals surface area contributed by atoms with E-state index in [1.807, 2.05) is 18.3 Å². The van der Waals surface area contributed by atoms with Crippen molar-refractivity contribution in [2.45, 2.75) is 19.5 Å². The van der Waals surface area contributed by atoms with Crippen molar-refractivity contribution in [2.75, 3.05) is 0 Å². The second kappa shape index (κ2) is 5.57. The molecule has 0 radical (unpaired) electrons. The second-order valence-electron chi connectivity index (χ2n) is 3.63. The molecule has 2 aromatic rings. The summed E-state index contributed by atoms with van der Waals surface area (Å²) in [6.45, 7) is 2.96. The van der Waals surface area contributed by atoms with Crippen LogP contribution in [0.2, 0.25) is 0 Å². The topological polar surface area (TPSA) is 24.9 Å². The molecule has 0 saturated heterocycles. The van der Waals surface area contributed by atoms with Crippen molar-refractivity contribution in [3.05, 3.63) is 50.9 Å². The quantitative estimate of drug-likeness (QED) is 0.929. The van der Waals surface area contributed by atoms with Crippen LogP contribution >= 0.6 is 27.3 Å². The standard InChI is InChI=1S/C12H13BrN2S/c1-9(10-4-5-16-8-10)14-7-12-3-2-11(13)6-15-12/h2-6,8-9,14H,7H2,1H3. The minimum Gasteiger partial charge on any atom is -0.305 e. The molecular formula is C12H13BrN2S. The second-order valence-corrected chi connectivity index (χ2v) is 5.32. The fraction of sp³-hybridized carbons (Fsp3) is 0.250. The van der Waals surface area contributed by atoms with Gasteiger partial charge in [0.15, 0.2) is 0 Å². The summed E-state index contributed by atoms with van der Waals surface area (Å²) in [6.07, 6.45) is 1.83. The number of pyridine rings is 1. The fourth-order valence-electron chi connectivity index (χ4n) is 1.41. The molecule has 0 aliphatic carbocycles. The van der Waals surface area contributed by atoms with Crippen LogP contribution in [-0.4, -0.2) is 4.98 Å². The number of aromatic nitrogens is 1. The molecule has 1 N–H and O–H groups in total. The predicted octanol–water partition coefficient (Wildman–Crippen LogP) is 3.76. The third kappa shape index (κ3) is 3.14. The number of rotatable bonds is 4. The van der Waals surface area contributed by atoms with E-state index in [0.29, 0.717) is 6.04 Å². The molecular weight excluding hydrogens is 284 g/mol. The van der Waals surface area contributed by atoms with Crippen LogP contribution in [-0.2, 0) is 6.54 Å². The summed E-state index contributed by atoms with van der Waals surface area (Å²) in [5.41, 5.74) is 2.40. The Morgan fingerprint density at radius 1 is 1.44 bits per heavy atom. The first-order valence-electron chi connectivity index (χ1n) is 5.11. The molecule has 2 aromatic heterocycles. The number of thiophene rings is 1. The Kier molecular flexibility index (Phi) is 4.09. The number of halogens is 1. The van der Waals surface area contributed by atoms with Crippen molar-refractivity contribution < 1.29 is 0 Å². The number of hydrogen-bond acceptors (Lipinski definition) is 3. The summed E-state index contributed by atoms with van der Waals surface area (Å²) in [5.74, 6) is 0. The molecule has 16 heavy (non-hydrogen) atoms. The van der Waals surface area contributed by atoms with Gasteiger partial charge in [-0.25, -0.2) is 0 Å². The molecule has 0 aliphatic heterocycles. The van der Waals surface area contributed by atoms with Gasteiger partial charge < -0.3 is 5.32 Å². The van der Waals surface area contributed by atoms with Crippen LogP contribution in [0, 0.1) is 0 Å². The van der Waals surface area contributed by atoms with Crippen LogP contribution in [0.5, 0.6) is 0 Å². The lowest BCUT2D eigenvalue weighted by Crippen LogP contribution is -2.18. The van der Waals surface area contributed by atoms with Gasteiger partial charge >= 0.3 is 0 Å². The van der Waals surface area contributed by atoms with E-state index in [2.05, 4.69) is 50.0 Å². The highest BCUT2D eigenvalue weighted by molar-refractivity contribution is 9.10. The summed E-state index contributed by atoms with van der Waals surface area (Å²) >= 11 is 5.11. The summed E-state index contributed by atoms with van der Waals surface area (Å²) < 4.78 is 1.02. The molecule has 0 saturated carbocycles. The van der Waals surface area contributed by atoms with Crippen molar-refractivity contribution in [3.8, 4) is 0 Å². The average Bonchev–Trinajstić information content (AvgIpc) is 2.81. The molecule has 0 bridgehead atoms. The molecule has 1 unspecified atom stereocenters. The number of nitrogens with one attached hydrogen (secondary N) is 1. The Morgan fingerprint density at radius 2 is 2.31 bits per heavy atom.